The van der Waals surface area contributed by atoms with Crippen LogP contribution in [0.3, 0.4) is 0 Å². The number of nitrogens with one attached hydrogen (secondary N) is 2. The zero-order valence-electron chi connectivity index (χ0n) is 15.7. The van der Waals surface area contributed by atoms with Gasteiger partial charge >= 0.3 is 0 Å². The van der Waals surface area contributed by atoms with Crippen LogP contribution in [0.4, 0.5) is 0 Å². The third kappa shape index (κ3) is 7.59. The average molecular weight is 472 g/mol. The SMILES string of the molecule is CCNC(=NCCn1cnnc1CC)NCCOc1ccc(C)cc1.I. The maximum Gasteiger partial charge on any atom is 0.191 e. The van der Waals surface area contributed by atoms with Crippen LogP contribution in [0.15, 0.2) is 35.6 Å². The highest BCUT2D eigenvalue weighted by Crippen LogP contribution is 2.10. The minimum atomic E-state index is 0. The van der Waals surface area contributed by atoms with Crippen LogP contribution >= 0.6 is 24.0 Å². The Kier molecular flexibility index (Phi) is 10.7. The molecule has 2 aromatic rings. The van der Waals surface area contributed by atoms with Gasteiger partial charge in [-0.2, -0.15) is 0 Å². The molecule has 0 amide bonds. The molecule has 2 rings (SSSR count). The predicted molar refractivity (Wildman–Crippen MR) is 115 cm³/mol. The van der Waals surface area contributed by atoms with Crippen LogP contribution in [0.2, 0.25) is 0 Å². The van der Waals surface area contributed by atoms with Gasteiger partial charge in [0, 0.05) is 19.5 Å². The minimum absolute atomic E-state index is 0. The first-order valence-electron chi connectivity index (χ1n) is 8.81. The topological polar surface area (TPSA) is 76.4 Å². The van der Waals surface area contributed by atoms with Gasteiger partial charge in [-0.25, -0.2) is 0 Å². The maximum atomic E-state index is 5.72. The van der Waals surface area contributed by atoms with Crippen molar-refractivity contribution in [3.05, 3.63) is 42.0 Å². The maximum absolute atomic E-state index is 5.72. The number of benzene rings is 1. The van der Waals surface area contributed by atoms with E-state index < -0.39 is 0 Å². The minimum Gasteiger partial charge on any atom is -0.492 e. The molecule has 2 N–H and O–H groups in total. The number of rotatable bonds is 9. The molecule has 7 nitrogen and oxygen atoms in total. The smallest absolute Gasteiger partial charge is 0.191 e. The largest absolute Gasteiger partial charge is 0.492 e. The van der Waals surface area contributed by atoms with Gasteiger partial charge in [0.1, 0.15) is 24.5 Å². The molecule has 1 aromatic carbocycles. The normalized spacial score (nSPS) is 11.0. The zero-order chi connectivity index (χ0) is 17.9. The second kappa shape index (κ2) is 12.5. The summed E-state index contributed by atoms with van der Waals surface area (Å²) >= 11 is 0. The van der Waals surface area contributed by atoms with Gasteiger partial charge in [0.2, 0.25) is 0 Å². The molecule has 26 heavy (non-hydrogen) atoms. The number of hydrogen-bond acceptors (Lipinski definition) is 4. The number of aliphatic imine (C=N–C) groups is 1. The summed E-state index contributed by atoms with van der Waals surface area (Å²) in [6.07, 6.45) is 2.63. The van der Waals surface area contributed by atoms with Crippen molar-refractivity contribution in [3.8, 4) is 5.75 Å². The molecule has 0 saturated heterocycles. The molecule has 0 fully saturated rings. The monoisotopic (exact) mass is 472 g/mol. The molecule has 0 aliphatic carbocycles. The molecule has 0 atom stereocenters. The highest BCUT2D eigenvalue weighted by molar-refractivity contribution is 14.0. The fourth-order valence-corrected chi connectivity index (χ4v) is 2.32. The van der Waals surface area contributed by atoms with E-state index in [1.165, 1.54) is 5.56 Å². The summed E-state index contributed by atoms with van der Waals surface area (Å²) in [6.45, 7) is 9.71. The Hall–Kier alpha value is -1.84. The number of halogens is 1. The first-order chi connectivity index (χ1) is 12.2. The predicted octanol–water partition coefficient (Wildman–Crippen LogP) is 2.40. The van der Waals surface area contributed by atoms with Crippen molar-refractivity contribution in [2.75, 3.05) is 26.2 Å². The van der Waals surface area contributed by atoms with E-state index in [2.05, 4.69) is 46.6 Å². The van der Waals surface area contributed by atoms with E-state index >= 15 is 0 Å². The van der Waals surface area contributed by atoms with E-state index in [1.807, 2.05) is 28.8 Å². The lowest BCUT2D eigenvalue weighted by Gasteiger charge is -2.12. The van der Waals surface area contributed by atoms with Crippen LogP contribution in [0.1, 0.15) is 25.2 Å². The molecule has 144 valence electrons. The van der Waals surface area contributed by atoms with Crippen LogP contribution in [0.5, 0.6) is 5.75 Å². The van der Waals surface area contributed by atoms with Gasteiger partial charge in [-0.3, -0.25) is 4.99 Å². The number of aryl methyl sites for hydroxylation is 2. The van der Waals surface area contributed by atoms with Crippen molar-refractivity contribution in [1.82, 2.24) is 25.4 Å². The number of nitrogens with zero attached hydrogens (tertiary/aromatic N) is 4. The molecule has 1 aromatic heterocycles. The van der Waals surface area contributed by atoms with E-state index in [4.69, 9.17) is 4.74 Å². The number of aromatic nitrogens is 3. The number of ether oxygens (including phenoxy) is 1. The first kappa shape index (κ1) is 22.2. The van der Waals surface area contributed by atoms with Crippen molar-refractivity contribution in [2.24, 2.45) is 4.99 Å². The fraction of sp³-hybridized carbons (Fsp3) is 0.500. The molecule has 0 aliphatic rings. The molecule has 8 heteroatoms. The lowest BCUT2D eigenvalue weighted by atomic mass is 10.2. The van der Waals surface area contributed by atoms with Gasteiger partial charge in [-0.05, 0) is 26.0 Å². The quantitative estimate of drug-likeness (QED) is 0.254. The summed E-state index contributed by atoms with van der Waals surface area (Å²) < 4.78 is 7.75. The van der Waals surface area contributed by atoms with E-state index in [0.717, 1.165) is 37.0 Å². The average Bonchev–Trinajstić information content (AvgIpc) is 3.07. The van der Waals surface area contributed by atoms with E-state index in [-0.39, 0.29) is 24.0 Å². The third-order valence-corrected chi connectivity index (χ3v) is 3.65. The van der Waals surface area contributed by atoms with Gasteiger partial charge in [0.15, 0.2) is 5.96 Å². The van der Waals surface area contributed by atoms with Crippen molar-refractivity contribution >= 4 is 29.9 Å². The number of guanidine groups is 1. The Labute approximate surface area is 172 Å². The van der Waals surface area contributed by atoms with Crippen LogP contribution < -0.4 is 15.4 Å². The summed E-state index contributed by atoms with van der Waals surface area (Å²) in [5, 5.41) is 14.5. The summed E-state index contributed by atoms with van der Waals surface area (Å²) in [5.74, 6) is 2.66. The first-order valence-corrected chi connectivity index (χ1v) is 8.81. The molecule has 0 spiro atoms. The molecule has 0 saturated carbocycles. The second-order valence-corrected chi connectivity index (χ2v) is 5.64. The summed E-state index contributed by atoms with van der Waals surface area (Å²) in [5.41, 5.74) is 1.23. The van der Waals surface area contributed by atoms with Crippen LogP contribution in [0.25, 0.3) is 0 Å². The van der Waals surface area contributed by atoms with Crippen molar-refractivity contribution in [3.63, 3.8) is 0 Å². The van der Waals surface area contributed by atoms with Gasteiger partial charge in [0.05, 0.1) is 13.1 Å². The van der Waals surface area contributed by atoms with Gasteiger partial charge in [-0.15, -0.1) is 34.2 Å². The third-order valence-electron chi connectivity index (χ3n) is 3.65. The Morgan fingerprint density at radius 1 is 1.19 bits per heavy atom. The zero-order valence-corrected chi connectivity index (χ0v) is 18.1. The fourth-order valence-electron chi connectivity index (χ4n) is 2.32. The highest BCUT2D eigenvalue weighted by atomic mass is 127. The molecule has 0 aliphatic heterocycles. The summed E-state index contributed by atoms with van der Waals surface area (Å²) in [6, 6.07) is 8.06. The van der Waals surface area contributed by atoms with E-state index in [9.17, 15) is 0 Å². The Balaban J connectivity index is 0.00000338. The van der Waals surface area contributed by atoms with Gasteiger partial charge < -0.3 is 19.9 Å². The summed E-state index contributed by atoms with van der Waals surface area (Å²) in [4.78, 5) is 4.58. The molecule has 1 heterocycles. The van der Waals surface area contributed by atoms with Crippen molar-refractivity contribution in [2.45, 2.75) is 33.7 Å². The lowest BCUT2D eigenvalue weighted by Crippen LogP contribution is -2.39. The molecule has 0 unspecified atom stereocenters. The van der Waals surface area contributed by atoms with E-state index in [0.29, 0.717) is 19.7 Å². The number of hydrogen-bond donors (Lipinski definition) is 2. The highest BCUT2D eigenvalue weighted by Gasteiger charge is 2.01. The summed E-state index contributed by atoms with van der Waals surface area (Å²) in [7, 11) is 0. The van der Waals surface area contributed by atoms with Crippen molar-refractivity contribution < 1.29 is 4.74 Å². The Bertz CT molecular complexity index is 656. The molecule has 0 radical (unpaired) electrons. The molecular weight excluding hydrogens is 443 g/mol. The van der Waals surface area contributed by atoms with Crippen LogP contribution in [-0.2, 0) is 13.0 Å². The van der Waals surface area contributed by atoms with Crippen LogP contribution in [-0.4, -0.2) is 47.0 Å². The van der Waals surface area contributed by atoms with Crippen LogP contribution in [0, 0.1) is 6.92 Å². The van der Waals surface area contributed by atoms with Gasteiger partial charge in [-0.1, -0.05) is 24.6 Å². The van der Waals surface area contributed by atoms with Gasteiger partial charge in [0.25, 0.3) is 0 Å². The standard InChI is InChI=1S/C18H28N6O.HI/c1-4-17-23-22-14-24(17)12-10-20-18(19-5-2)21-11-13-25-16-8-6-15(3)7-9-16;/h6-9,14H,4-5,10-13H2,1-3H3,(H2,19,20,21);1H. The second-order valence-electron chi connectivity index (χ2n) is 5.64. The lowest BCUT2D eigenvalue weighted by molar-refractivity contribution is 0.322. The van der Waals surface area contributed by atoms with E-state index in [1.54, 1.807) is 6.33 Å². The van der Waals surface area contributed by atoms with Crippen molar-refractivity contribution in [1.29, 1.82) is 0 Å². The molecular formula is C18H29IN6O. The Morgan fingerprint density at radius 3 is 2.65 bits per heavy atom. The Morgan fingerprint density at radius 2 is 1.96 bits per heavy atom. The molecule has 0 bridgehead atoms.